The molecule has 0 amide bonds. The average Bonchev–Trinajstić information content (AvgIpc) is 2.49. The molecule has 1 atom stereocenters. The van der Waals surface area contributed by atoms with E-state index in [2.05, 4.69) is 34.4 Å². The Labute approximate surface area is 129 Å². The van der Waals surface area contributed by atoms with E-state index in [1.165, 1.54) is 6.07 Å². The molecular formula is C16H20F3N3. The van der Waals surface area contributed by atoms with Crippen LogP contribution in [0, 0.1) is 11.8 Å². The molecule has 1 rings (SSSR count). The highest BCUT2D eigenvalue weighted by molar-refractivity contribution is 5.80. The summed E-state index contributed by atoms with van der Waals surface area (Å²) in [4.78, 5) is 4.04. The normalized spacial score (nSPS) is 13.1. The lowest BCUT2D eigenvalue weighted by Crippen LogP contribution is -2.42. The predicted molar refractivity (Wildman–Crippen MR) is 82.6 cm³/mol. The van der Waals surface area contributed by atoms with E-state index < -0.39 is 11.7 Å². The minimum Gasteiger partial charge on any atom is -0.354 e. The molecule has 0 bridgehead atoms. The summed E-state index contributed by atoms with van der Waals surface area (Å²) in [5.74, 6) is 6.11. The summed E-state index contributed by atoms with van der Waals surface area (Å²) in [5, 5.41) is 6.16. The summed E-state index contributed by atoms with van der Waals surface area (Å²) in [7, 11) is 1.65. The van der Waals surface area contributed by atoms with E-state index in [0.717, 1.165) is 18.6 Å². The summed E-state index contributed by atoms with van der Waals surface area (Å²) < 4.78 is 37.7. The lowest BCUT2D eigenvalue weighted by molar-refractivity contribution is -0.137. The molecule has 1 aromatic rings. The largest absolute Gasteiger partial charge is 0.416 e. The van der Waals surface area contributed by atoms with Crippen molar-refractivity contribution < 1.29 is 13.2 Å². The first-order valence-corrected chi connectivity index (χ1v) is 7.00. The third-order valence-corrected chi connectivity index (χ3v) is 2.99. The zero-order valence-electron chi connectivity index (χ0n) is 12.9. The smallest absolute Gasteiger partial charge is 0.354 e. The van der Waals surface area contributed by atoms with E-state index in [9.17, 15) is 13.2 Å². The van der Waals surface area contributed by atoms with Crippen molar-refractivity contribution in [3.63, 3.8) is 0 Å². The first kappa shape index (κ1) is 17.9. The molecule has 22 heavy (non-hydrogen) atoms. The highest BCUT2D eigenvalue weighted by atomic mass is 19.4. The maximum Gasteiger partial charge on any atom is 0.416 e. The van der Waals surface area contributed by atoms with E-state index in [4.69, 9.17) is 0 Å². The van der Waals surface area contributed by atoms with Gasteiger partial charge in [-0.05, 0) is 31.5 Å². The first-order valence-electron chi connectivity index (χ1n) is 7.00. The van der Waals surface area contributed by atoms with Gasteiger partial charge in [0.2, 0.25) is 0 Å². The van der Waals surface area contributed by atoms with Crippen LogP contribution in [0.5, 0.6) is 0 Å². The number of nitrogens with zero attached hydrogens (tertiary/aromatic N) is 1. The Kier molecular flexibility index (Phi) is 6.77. The molecule has 0 heterocycles. The van der Waals surface area contributed by atoms with Crippen LogP contribution in [-0.2, 0) is 6.18 Å². The fourth-order valence-corrected chi connectivity index (χ4v) is 1.58. The van der Waals surface area contributed by atoms with Crippen LogP contribution in [0.15, 0.2) is 29.3 Å². The molecule has 120 valence electrons. The maximum atomic E-state index is 12.6. The second-order valence-corrected chi connectivity index (χ2v) is 4.76. The van der Waals surface area contributed by atoms with Crippen LogP contribution in [-0.4, -0.2) is 25.6 Å². The number of rotatable bonds is 3. The average molecular weight is 311 g/mol. The molecule has 0 saturated heterocycles. The van der Waals surface area contributed by atoms with Gasteiger partial charge in [0.15, 0.2) is 5.96 Å². The molecule has 0 aliphatic carbocycles. The van der Waals surface area contributed by atoms with Gasteiger partial charge in [-0.1, -0.05) is 24.8 Å². The van der Waals surface area contributed by atoms with E-state index in [1.54, 1.807) is 13.1 Å². The van der Waals surface area contributed by atoms with Crippen LogP contribution in [0.1, 0.15) is 31.4 Å². The summed E-state index contributed by atoms with van der Waals surface area (Å²) in [5.41, 5.74) is -0.358. The zero-order chi connectivity index (χ0) is 16.6. The number of guanidine groups is 1. The number of hydrogen-bond acceptors (Lipinski definition) is 1. The van der Waals surface area contributed by atoms with Crippen LogP contribution in [0.25, 0.3) is 0 Å². The zero-order valence-corrected chi connectivity index (χ0v) is 12.9. The second-order valence-electron chi connectivity index (χ2n) is 4.76. The fraction of sp³-hybridized carbons (Fsp3) is 0.438. The van der Waals surface area contributed by atoms with Crippen molar-refractivity contribution in [1.82, 2.24) is 10.6 Å². The predicted octanol–water partition coefficient (Wildman–Crippen LogP) is 3.02. The van der Waals surface area contributed by atoms with Gasteiger partial charge in [0.25, 0.3) is 0 Å². The van der Waals surface area contributed by atoms with Gasteiger partial charge in [0, 0.05) is 18.7 Å². The van der Waals surface area contributed by atoms with Crippen LogP contribution < -0.4 is 10.6 Å². The topological polar surface area (TPSA) is 36.4 Å². The highest BCUT2D eigenvalue weighted by Gasteiger charge is 2.30. The van der Waals surface area contributed by atoms with Crippen molar-refractivity contribution in [3.8, 4) is 11.8 Å². The van der Waals surface area contributed by atoms with E-state index in [-0.39, 0.29) is 6.04 Å². The van der Waals surface area contributed by atoms with E-state index in [0.29, 0.717) is 18.1 Å². The van der Waals surface area contributed by atoms with Gasteiger partial charge < -0.3 is 10.6 Å². The fourth-order valence-electron chi connectivity index (χ4n) is 1.58. The maximum absolute atomic E-state index is 12.6. The van der Waals surface area contributed by atoms with Crippen LogP contribution in [0.3, 0.4) is 0 Å². The molecule has 0 aliphatic rings. The lowest BCUT2D eigenvalue weighted by atomic mass is 10.1. The van der Waals surface area contributed by atoms with E-state index >= 15 is 0 Å². The van der Waals surface area contributed by atoms with Gasteiger partial charge in [-0.2, -0.15) is 13.2 Å². The van der Waals surface area contributed by atoms with Crippen molar-refractivity contribution in [2.75, 3.05) is 13.6 Å². The van der Waals surface area contributed by atoms with Crippen LogP contribution in [0.2, 0.25) is 0 Å². The molecule has 0 aromatic heterocycles. The molecule has 1 unspecified atom stereocenters. The second kappa shape index (κ2) is 8.32. The number of hydrogen-bond donors (Lipinski definition) is 2. The number of aliphatic imine (C=N–C) groups is 1. The molecule has 2 N–H and O–H groups in total. The van der Waals surface area contributed by atoms with Crippen molar-refractivity contribution in [3.05, 3.63) is 35.4 Å². The van der Waals surface area contributed by atoms with Crippen molar-refractivity contribution in [2.24, 2.45) is 4.99 Å². The van der Waals surface area contributed by atoms with Gasteiger partial charge in [-0.3, -0.25) is 4.99 Å². The highest BCUT2D eigenvalue weighted by Crippen LogP contribution is 2.29. The van der Waals surface area contributed by atoms with Crippen LogP contribution >= 0.6 is 0 Å². The number of alkyl halides is 3. The molecular weight excluding hydrogens is 291 g/mol. The summed E-state index contributed by atoms with van der Waals surface area (Å²) in [6.07, 6.45) is -3.39. The van der Waals surface area contributed by atoms with E-state index in [1.807, 2.05) is 6.92 Å². The van der Waals surface area contributed by atoms with Gasteiger partial charge >= 0.3 is 6.18 Å². The molecule has 0 saturated carbocycles. The third kappa shape index (κ3) is 6.08. The minimum absolute atomic E-state index is 0.280. The quantitative estimate of drug-likeness (QED) is 0.511. The standard InChI is InChI=1S/C16H20F3N3/c1-4-12(2)22-15(20-3)21-10-6-8-13-7-5-9-14(11-13)16(17,18)19/h5,7,9,11-12H,4,10H2,1-3H3,(H2,20,21,22). The Balaban J connectivity index is 2.61. The summed E-state index contributed by atoms with van der Waals surface area (Å²) >= 11 is 0. The molecule has 3 nitrogen and oxygen atoms in total. The lowest BCUT2D eigenvalue weighted by Gasteiger charge is -2.14. The third-order valence-electron chi connectivity index (χ3n) is 2.99. The molecule has 0 aliphatic heterocycles. The Morgan fingerprint density at radius 3 is 2.68 bits per heavy atom. The molecule has 0 fully saturated rings. The Hall–Kier alpha value is -2.16. The van der Waals surface area contributed by atoms with Gasteiger partial charge in [0.1, 0.15) is 0 Å². The molecule has 1 aromatic carbocycles. The van der Waals surface area contributed by atoms with Crippen molar-refractivity contribution in [1.29, 1.82) is 0 Å². The number of benzene rings is 1. The first-order chi connectivity index (χ1) is 10.4. The molecule has 0 radical (unpaired) electrons. The Morgan fingerprint density at radius 1 is 1.36 bits per heavy atom. The van der Waals surface area contributed by atoms with Gasteiger partial charge in [-0.15, -0.1) is 0 Å². The minimum atomic E-state index is -4.35. The van der Waals surface area contributed by atoms with Gasteiger partial charge in [0.05, 0.1) is 12.1 Å². The monoisotopic (exact) mass is 311 g/mol. The molecule has 0 spiro atoms. The number of nitrogens with one attached hydrogen (secondary N) is 2. The SMILES string of the molecule is CCC(C)NC(=NC)NCC#Cc1cccc(C(F)(F)F)c1. The summed E-state index contributed by atoms with van der Waals surface area (Å²) in [6.45, 7) is 4.38. The number of halogens is 3. The summed E-state index contributed by atoms with van der Waals surface area (Å²) in [6, 6.07) is 5.25. The van der Waals surface area contributed by atoms with Gasteiger partial charge in [-0.25, -0.2) is 0 Å². The van der Waals surface area contributed by atoms with Crippen LogP contribution in [0.4, 0.5) is 13.2 Å². The van der Waals surface area contributed by atoms with Crippen molar-refractivity contribution in [2.45, 2.75) is 32.5 Å². The van der Waals surface area contributed by atoms with Crippen molar-refractivity contribution >= 4 is 5.96 Å². The Morgan fingerprint density at radius 2 is 2.09 bits per heavy atom. The Bertz CT molecular complexity index is 568. The molecule has 6 heteroatoms.